The van der Waals surface area contributed by atoms with Crippen molar-refractivity contribution in [3.05, 3.63) is 62.2 Å². The molecule has 0 bridgehead atoms. The number of aryl methyl sites for hydroxylation is 1. The van der Waals surface area contributed by atoms with E-state index in [-0.39, 0.29) is 18.0 Å². The van der Waals surface area contributed by atoms with Crippen LogP contribution >= 0.6 is 35.3 Å². The SMILES string of the molecule is COc1cc(C)c2[nH]c(=O)c3sc(Cl)cc3c2c1-c1ccc([C@@H](C)CN)cc1.Cl. The van der Waals surface area contributed by atoms with E-state index in [1.807, 2.05) is 19.1 Å². The average Bonchev–Trinajstić information content (AvgIpc) is 3.10. The molecular formula is C22H22Cl2N2O2S. The van der Waals surface area contributed by atoms with Crippen LogP contribution in [0.3, 0.4) is 0 Å². The summed E-state index contributed by atoms with van der Waals surface area (Å²) >= 11 is 7.55. The Bertz CT molecular complexity index is 1250. The zero-order valence-electron chi connectivity index (χ0n) is 16.3. The molecule has 0 radical (unpaired) electrons. The first kappa shape index (κ1) is 21.7. The number of methoxy groups -OCH3 is 1. The molecule has 0 saturated carbocycles. The number of H-pyrrole nitrogens is 1. The Morgan fingerprint density at radius 1 is 1.24 bits per heavy atom. The Morgan fingerprint density at radius 2 is 1.93 bits per heavy atom. The van der Waals surface area contributed by atoms with Crippen LogP contribution in [0, 0.1) is 6.92 Å². The van der Waals surface area contributed by atoms with E-state index in [4.69, 9.17) is 22.1 Å². The van der Waals surface area contributed by atoms with Gasteiger partial charge in [0.25, 0.3) is 5.56 Å². The highest BCUT2D eigenvalue weighted by atomic mass is 35.5. The predicted octanol–water partition coefficient (Wildman–Crippen LogP) is 5.86. The normalized spacial score (nSPS) is 12.2. The van der Waals surface area contributed by atoms with Gasteiger partial charge in [-0.15, -0.1) is 23.7 Å². The van der Waals surface area contributed by atoms with Crippen molar-refractivity contribution >= 4 is 56.3 Å². The molecule has 4 nitrogen and oxygen atoms in total. The van der Waals surface area contributed by atoms with Crippen LogP contribution in [0.15, 0.2) is 41.2 Å². The lowest BCUT2D eigenvalue weighted by molar-refractivity contribution is 0.416. The molecule has 0 aliphatic carbocycles. The summed E-state index contributed by atoms with van der Waals surface area (Å²) in [5, 5.41) is 1.80. The fourth-order valence-corrected chi connectivity index (χ4v) is 4.79. The third-order valence-corrected chi connectivity index (χ3v) is 6.51. The minimum absolute atomic E-state index is 0. The second kappa shape index (κ2) is 8.36. The van der Waals surface area contributed by atoms with Crippen LogP contribution in [0.2, 0.25) is 4.34 Å². The second-order valence-electron chi connectivity index (χ2n) is 7.03. The highest BCUT2D eigenvalue weighted by Crippen LogP contribution is 2.43. The molecule has 4 aromatic rings. The molecule has 0 spiro atoms. The van der Waals surface area contributed by atoms with Gasteiger partial charge in [0, 0.05) is 16.3 Å². The number of benzene rings is 2. The maximum atomic E-state index is 12.6. The molecule has 2 aromatic carbocycles. The molecule has 0 fully saturated rings. The largest absolute Gasteiger partial charge is 0.496 e. The summed E-state index contributed by atoms with van der Waals surface area (Å²) in [5.41, 5.74) is 10.6. The summed E-state index contributed by atoms with van der Waals surface area (Å²) in [4.78, 5) is 15.6. The van der Waals surface area contributed by atoms with Crippen LogP contribution in [0.1, 0.15) is 24.0 Å². The first-order valence-electron chi connectivity index (χ1n) is 9.07. The molecule has 3 N–H and O–H groups in total. The van der Waals surface area contributed by atoms with Gasteiger partial charge in [0.1, 0.15) is 10.4 Å². The lowest BCUT2D eigenvalue weighted by atomic mass is 9.93. The molecule has 7 heteroatoms. The summed E-state index contributed by atoms with van der Waals surface area (Å²) in [5.74, 6) is 1.06. The van der Waals surface area contributed by atoms with Crippen molar-refractivity contribution in [2.24, 2.45) is 5.73 Å². The van der Waals surface area contributed by atoms with E-state index in [1.165, 1.54) is 16.9 Å². The van der Waals surface area contributed by atoms with Crippen molar-refractivity contribution in [3.63, 3.8) is 0 Å². The first-order valence-corrected chi connectivity index (χ1v) is 10.3. The van der Waals surface area contributed by atoms with Crippen molar-refractivity contribution < 1.29 is 4.74 Å². The summed E-state index contributed by atoms with van der Waals surface area (Å²) < 4.78 is 6.95. The molecule has 29 heavy (non-hydrogen) atoms. The number of thiophene rings is 1. The van der Waals surface area contributed by atoms with Gasteiger partial charge in [0.2, 0.25) is 0 Å². The van der Waals surface area contributed by atoms with Gasteiger partial charge in [-0.25, -0.2) is 0 Å². The number of nitrogens with one attached hydrogen (secondary N) is 1. The number of nitrogens with two attached hydrogens (primary N) is 1. The Kier molecular flexibility index (Phi) is 6.24. The van der Waals surface area contributed by atoms with Crippen LogP contribution in [-0.4, -0.2) is 18.6 Å². The van der Waals surface area contributed by atoms with Crippen LogP contribution in [0.25, 0.3) is 32.1 Å². The molecule has 2 heterocycles. The number of hydrogen-bond donors (Lipinski definition) is 2. The average molecular weight is 449 g/mol. The van der Waals surface area contributed by atoms with Crippen LogP contribution in [0.4, 0.5) is 0 Å². The first-order chi connectivity index (χ1) is 13.4. The van der Waals surface area contributed by atoms with E-state index in [0.717, 1.165) is 38.7 Å². The monoisotopic (exact) mass is 448 g/mol. The van der Waals surface area contributed by atoms with Crippen molar-refractivity contribution in [3.8, 4) is 16.9 Å². The molecule has 0 amide bonds. The van der Waals surface area contributed by atoms with Crippen molar-refractivity contribution in [1.29, 1.82) is 0 Å². The third-order valence-electron chi connectivity index (χ3n) is 5.25. The quantitative estimate of drug-likeness (QED) is 0.410. The topological polar surface area (TPSA) is 68.1 Å². The highest BCUT2D eigenvalue weighted by molar-refractivity contribution is 7.22. The molecular weight excluding hydrogens is 427 g/mol. The lowest BCUT2D eigenvalue weighted by Gasteiger charge is -2.16. The van der Waals surface area contributed by atoms with Crippen LogP contribution in [0.5, 0.6) is 5.75 Å². The van der Waals surface area contributed by atoms with Crippen molar-refractivity contribution in [2.45, 2.75) is 19.8 Å². The Morgan fingerprint density at radius 3 is 2.55 bits per heavy atom. The molecule has 2 aromatic heterocycles. The number of halogens is 2. The van der Waals surface area contributed by atoms with Gasteiger partial charge in [-0.2, -0.15) is 0 Å². The van der Waals surface area contributed by atoms with E-state index >= 15 is 0 Å². The molecule has 4 rings (SSSR count). The van der Waals surface area contributed by atoms with Crippen molar-refractivity contribution in [1.82, 2.24) is 4.98 Å². The number of fused-ring (bicyclic) bond motifs is 3. The fraction of sp³-hybridized carbons (Fsp3) is 0.227. The molecule has 0 unspecified atom stereocenters. The standard InChI is InChI=1S/C22H21ClN2O2S.ClH/c1-11-8-16(27-3)18(14-6-4-13(5-7-14)12(2)10-24)19-15-9-17(23)28-21(15)22(26)25-20(11)19;/h4-9,12H,10,24H2,1-3H3,(H,25,26);1H/t12-;/m0./s1. The van der Waals surface area contributed by atoms with E-state index < -0.39 is 0 Å². The van der Waals surface area contributed by atoms with Crippen LogP contribution in [-0.2, 0) is 0 Å². The maximum absolute atomic E-state index is 12.6. The number of aromatic nitrogens is 1. The number of ether oxygens (including phenoxy) is 1. The Hall–Kier alpha value is -2.05. The van der Waals surface area contributed by atoms with Gasteiger partial charge < -0.3 is 15.5 Å². The number of pyridine rings is 1. The summed E-state index contributed by atoms with van der Waals surface area (Å²) in [7, 11) is 1.67. The zero-order valence-corrected chi connectivity index (χ0v) is 18.7. The van der Waals surface area contributed by atoms with Gasteiger partial charge in [0.15, 0.2) is 0 Å². The molecule has 1 atom stereocenters. The van der Waals surface area contributed by atoms with E-state index in [0.29, 0.717) is 21.5 Å². The third kappa shape index (κ3) is 3.64. The maximum Gasteiger partial charge on any atom is 0.266 e. The van der Waals surface area contributed by atoms with Gasteiger partial charge in [-0.1, -0.05) is 42.8 Å². The van der Waals surface area contributed by atoms with E-state index in [1.54, 1.807) is 7.11 Å². The number of aromatic amines is 1. The van der Waals surface area contributed by atoms with E-state index in [9.17, 15) is 4.79 Å². The van der Waals surface area contributed by atoms with Crippen molar-refractivity contribution in [2.75, 3.05) is 13.7 Å². The molecule has 152 valence electrons. The zero-order chi connectivity index (χ0) is 20.0. The lowest BCUT2D eigenvalue weighted by Crippen LogP contribution is -2.08. The second-order valence-corrected chi connectivity index (χ2v) is 8.71. The predicted molar refractivity (Wildman–Crippen MR) is 126 cm³/mol. The molecule has 0 aliphatic heterocycles. The Labute approximate surface area is 184 Å². The van der Waals surface area contributed by atoms with Gasteiger partial charge in [-0.05, 0) is 48.2 Å². The molecule has 0 saturated heterocycles. The van der Waals surface area contributed by atoms with Crippen LogP contribution < -0.4 is 16.0 Å². The van der Waals surface area contributed by atoms with Gasteiger partial charge in [-0.3, -0.25) is 4.79 Å². The van der Waals surface area contributed by atoms with Gasteiger partial charge >= 0.3 is 0 Å². The summed E-state index contributed by atoms with van der Waals surface area (Å²) in [6, 6.07) is 12.2. The van der Waals surface area contributed by atoms with E-state index in [2.05, 4.69) is 36.2 Å². The highest BCUT2D eigenvalue weighted by Gasteiger charge is 2.19. The van der Waals surface area contributed by atoms with Gasteiger partial charge in [0.05, 0.1) is 17.0 Å². The minimum atomic E-state index is -0.120. The minimum Gasteiger partial charge on any atom is -0.496 e. The smallest absolute Gasteiger partial charge is 0.266 e. The molecule has 0 aliphatic rings. The number of rotatable bonds is 4. The fourth-order valence-electron chi connectivity index (χ4n) is 3.66. The Balaban J connectivity index is 0.00000240. The summed E-state index contributed by atoms with van der Waals surface area (Å²) in [6.45, 7) is 4.68. The summed E-state index contributed by atoms with van der Waals surface area (Å²) in [6.07, 6.45) is 0. The number of hydrogen-bond acceptors (Lipinski definition) is 4.